The third-order valence-electron chi connectivity index (χ3n) is 3.31. The maximum Gasteiger partial charge on any atom is 0.284 e. The quantitative estimate of drug-likeness (QED) is 0.739. The third-order valence-corrected chi connectivity index (χ3v) is 3.54. The van der Waals surface area contributed by atoms with Crippen LogP contribution in [0.2, 0.25) is 5.02 Å². The second kappa shape index (κ2) is 4.33. The SMILES string of the molecule is CC(O)C1(O)c2cc(Cl)ccc2NCCC1(F)F. The van der Waals surface area contributed by atoms with E-state index in [9.17, 15) is 19.0 Å². The van der Waals surface area contributed by atoms with Gasteiger partial charge in [0, 0.05) is 29.2 Å². The van der Waals surface area contributed by atoms with Crippen molar-refractivity contribution in [2.75, 3.05) is 11.9 Å². The number of halogens is 3. The Morgan fingerprint density at radius 2 is 2.11 bits per heavy atom. The second-order valence-electron chi connectivity index (χ2n) is 4.51. The molecule has 3 N–H and O–H groups in total. The number of rotatable bonds is 1. The summed E-state index contributed by atoms with van der Waals surface area (Å²) in [5.41, 5.74) is -2.36. The van der Waals surface area contributed by atoms with Gasteiger partial charge in [0.1, 0.15) is 0 Å². The molecule has 1 aromatic rings. The number of aliphatic hydroxyl groups is 2. The fourth-order valence-corrected chi connectivity index (χ4v) is 2.43. The molecular formula is C12H14ClF2NO2. The Kier molecular flexibility index (Phi) is 3.25. The average molecular weight is 278 g/mol. The second-order valence-corrected chi connectivity index (χ2v) is 4.95. The number of hydrogen-bond donors (Lipinski definition) is 3. The van der Waals surface area contributed by atoms with Crippen LogP contribution in [0.5, 0.6) is 0 Å². The molecule has 100 valence electrons. The van der Waals surface area contributed by atoms with Gasteiger partial charge in [-0.1, -0.05) is 11.6 Å². The minimum absolute atomic E-state index is 0.0106. The van der Waals surface area contributed by atoms with Gasteiger partial charge in [-0.05, 0) is 25.1 Å². The van der Waals surface area contributed by atoms with E-state index in [1.54, 1.807) is 6.07 Å². The molecule has 0 aliphatic carbocycles. The summed E-state index contributed by atoms with van der Waals surface area (Å²) in [7, 11) is 0. The lowest BCUT2D eigenvalue weighted by Gasteiger charge is -2.37. The molecule has 2 atom stereocenters. The predicted molar refractivity (Wildman–Crippen MR) is 65.1 cm³/mol. The molecule has 0 saturated carbocycles. The van der Waals surface area contributed by atoms with Crippen LogP contribution >= 0.6 is 11.6 Å². The zero-order valence-electron chi connectivity index (χ0n) is 9.75. The Morgan fingerprint density at radius 1 is 1.44 bits per heavy atom. The van der Waals surface area contributed by atoms with Crippen molar-refractivity contribution >= 4 is 17.3 Å². The van der Waals surface area contributed by atoms with Crippen molar-refractivity contribution in [2.45, 2.75) is 31.0 Å². The van der Waals surface area contributed by atoms with Crippen LogP contribution < -0.4 is 5.32 Å². The highest BCUT2D eigenvalue weighted by atomic mass is 35.5. The molecule has 1 aliphatic rings. The summed E-state index contributed by atoms with van der Waals surface area (Å²) in [4.78, 5) is 0. The Hall–Kier alpha value is -0.910. The molecule has 18 heavy (non-hydrogen) atoms. The summed E-state index contributed by atoms with van der Waals surface area (Å²) in [5.74, 6) is -3.44. The fourth-order valence-electron chi connectivity index (χ4n) is 2.26. The van der Waals surface area contributed by atoms with Gasteiger partial charge in [0.25, 0.3) is 5.92 Å². The van der Waals surface area contributed by atoms with E-state index in [4.69, 9.17) is 11.6 Å². The van der Waals surface area contributed by atoms with Crippen molar-refractivity contribution in [3.8, 4) is 0 Å². The van der Waals surface area contributed by atoms with Crippen LogP contribution in [0.3, 0.4) is 0 Å². The zero-order valence-corrected chi connectivity index (χ0v) is 10.5. The summed E-state index contributed by atoms with van der Waals surface area (Å²) >= 11 is 5.79. The first-order valence-corrected chi connectivity index (χ1v) is 5.99. The van der Waals surface area contributed by atoms with Crippen molar-refractivity contribution in [3.05, 3.63) is 28.8 Å². The number of anilines is 1. The van der Waals surface area contributed by atoms with Gasteiger partial charge in [-0.15, -0.1) is 0 Å². The summed E-state index contributed by atoms with van der Waals surface area (Å²) in [5, 5.41) is 23.0. The first kappa shape index (κ1) is 13.5. The van der Waals surface area contributed by atoms with Gasteiger partial charge in [-0.2, -0.15) is 0 Å². The van der Waals surface area contributed by atoms with Crippen molar-refractivity contribution < 1.29 is 19.0 Å². The molecule has 1 aliphatic heterocycles. The van der Waals surface area contributed by atoms with Gasteiger partial charge in [-0.25, -0.2) is 8.78 Å². The topological polar surface area (TPSA) is 52.5 Å². The van der Waals surface area contributed by atoms with Gasteiger partial charge in [0.15, 0.2) is 5.60 Å². The van der Waals surface area contributed by atoms with Crippen LogP contribution in [0.25, 0.3) is 0 Å². The van der Waals surface area contributed by atoms with Crippen LogP contribution in [-0.4, -0.2) is 28.8 Å². The van der Waals surface area contributed by atoms with Crippen LogP contribution in [0.15, 0.2) is 18.2 Å². The molecule has 0 radical (unpaired) electrons. The number of nitrogens with one attached hydrogen (secondary N) is 1. The molecule has 0 bridgehead atoms. The van der Waals surface area contributed by atoms with Crippen molar-refractivity contribution in [3.63, 3.8) is 0 Å². The molecule has 6 heteroatoms. The Balaban J connectivity index is 2.69. The highest BCUT2D eigenvalue weighted by molar-refractivity contribution is 6.30. The minimum atomic E-state index is -3.44. The largest absolute Gasteiger partial charge is 0.390 e. The van der Waals surface area contributed by atoms with E-state index in [0.29, 0.717) is 5.69 Å². The molecule has 0 aromatic heterocycles. The maximum absolute atomic E-state index is 14.1. The molecule has 0 amide bonds. The standard InChI is InChI=1S/C12H14ClF2NO2/c1-7(17)12(18)9-6-8(13)2-3-10(9)16-5-4-11(12,14)15/h2-3,6-7,16-18H,4-5H2,1H3. The number of alkyl halides is 2. The monoisotopic (exact) mass is 277 g/mol. The van der Waals surface area contributed by atoms with Crippen molar-refractivity contribution in [2.24, 2.45) is 0 Å². The van der Waals surface area contributed by atoms with Gasteiger partial charge < -0.3 is 15.5 Å². The molecule has 0 fully saturated rings. The molecule has 1 aromatic carbocycles. The van der Waals surface area contributed by atoms with Gasteiger partial charge >= 0.3 is 0 Å². The average Bonchev–Trinajstić information content (AvgIpc) is 2.37. The van der Waals surface area contributed by atoms with Crippen LogP contribution in [0, 0.1) is 0 Å². The van der Waals surface area contributed by atoms with Gasteiger partial charge in [0.2, 0.25) is 0 Å². The lowest BCUT2D eigenvalue weighted by Crippen LogP contribution is -2.52. The van der Waals surface area contributed by atoms with E-state index < -0.39 is 24.0 Å². The molecule has 2 unspecified atom stereocenters. The first-order valence-electron chi connectivity index (χ1n) is 5.61. The zero-order chi connectivity index (χ0) is 13.6. The lowest BCUT2D eigenvalue weighted by atomic mass is 9.81. The van der Waals surface area contributed by atoms with Crippen LogP contribution in [-0.2, 0) is 5.60 Å². The van der Waals surface area contributed by atoms with E-state index in [1.807, 2.05) is 0 Å². The first-order chi connectivity index (χ1) is 8.29. The van der Waals surface area contributed by atoms with E-state index in [0.717, 1.165) is 6.92 Å². The fraction of sp³-hybridized carbons (Fsp3) is 0.500. The van der Waals surface area contributed by atoms with Gasteiger partial charge in [-0.3, -0.25) is 0 Å². The van der Waals surface area contributed by atoms with E-state index >= 15 is 0 Å². The summed E-state index contributed by atoms with van der Waals surface area (Å²) in [6.45, 7) is 1.15. The summed E-state index contributed by atoms with van der Waals surface area (Å²) in [6.07, 6.45) is -2.19. The summed E-state index contributed by atoms with van der Waals surface area (Å²) in [6, 6.07) is 4.32. The van der Waals surface area contributed by atoms with E-state index in [2.05, 4.69) is 5.32 Å². The molecule has 0 spiro atoms. The molecule has 0 saturated heterocycles. The Morgan fingerprint density at radius 3 is 2.72 bits per heavy atom. The molecule has 3 nitrogen and oxygen atoms in total. The van der Waals surface area contributed by atoms with Crippen molar-refractivity contribution in [1.29, 1.82) is 0 Å². The smallest absolute Gasteiger partial charge is 0.284 e. The molecule has 2 rings (SSSR count). The van der Waals surface area contributed by atoms with Crippen molar-refractivity contribution in [1.82, 2.24) is 0 Å². The maximum atomic E-state index is 14.1. The summed E-state index contributed by atoms with van der Waals surface area (Å²) < 4.78 is 28.2. The number of fused-ring (bicyclic) bond motifs is 1. The van der Waals surface area contributed by atoms with E-state index in [-0.39, 0.29) is 17.1 Å². The Bertz CT molecular complexity index is 467. The van der Waals surface area contributed by atoms with Crippen LogP contribution in [0.4, 0.5) is 14.5 Å². The highest BCUT2D eigenvalue weighted by Gasteiger charge is 2.58. The highest BCUT2D eigenvalue weighted by Crippen LogP contribution is 2.47. The molecular weight excluding hydrogens is 264 g/mol. The Labute approximate surface area is 108 Å². The number of aliphatic hydroxyl groups excluding tert-OH is 1. The normalized spacial score (nSPS) is 27.9. The lowest BCUT2D eigenvalue weighted by molar-refractivity contribution is -0.229. The number of benzene rings is 1. The van der Waals surface area contributed by atoms with Gasteiger partial charge in [0.05, 0.1) is 6.10 Å². The predicted octanol–water partition coefficient (Wildman–Crippen LogP) is 2.36. The molecule has 1 heterocycles. The van der Waals surface area contributed by atoms with Crippen LogP contribution in [0.1, 0.15) is 18.9 Å². The number of hydrogen-bond acceptors (Lipinski definition) is 3. The minimum Gasteiger partial charge on any atom is -0.390 e. The third kappa shape index (κ3) is 1.86. The van der Waals surface area contributed by atoms with E-state index in [1.165, 1.54) is 12.1 Å².